The molecule has 0 amide bonds. The maximum Gasteiger partial charge on any atom is 0.324 e. The molecule has 0 unspecified atom stereocenters. The van der Waals surface area contributed by atoms with Crippen molar-refractivity contribution in [1.82, 2.24) is 0 Å². The number of halogens is 1. The third kappa shape index (κ3) is 3.30. The average molecular weight is 338 g/mol. The molecule has 2 rings (SSSR count). The molecule has 0 bridgehead atoms. The number of nitrogens with one attached hydrogen (secondary N) is 1. The van der Waals surface area contributed by atoms with Crippen LogP contribution in [0, 0.1) is 21.4 Å². The minimum atomic E-state index is -0.409. The van der Waals surface area contributed by atoms with E-state index in [-0.39, 0.29) is 5.00 Å². The minimum absolute atomic E-state index is 0.117. The van der Waals surface area contributed by atoms with Gasteiger partial charge in [-0.15, -0.1) is 0 Å². The van der Waals surface area contributed by atoms with Crippen molar-refractivity contribution in [2.24, 2.45) is 0 Å². The van der Waals surface area contributed by atoms with Gasteiger partial charge in [-0.1, -0.05) is 27.3 Å². The Kier molecular flexibility index (Phi) is 4.14. The predicted molar refractivity (Wildman–Crippen MR) is 77.2 cm³/mol. The summed E-state index contributed by atoms with van der Waals surface area (Å²) in [5.41, 5.74) is 2.05. The van der Waals surface area contributed by atoms with Gasteiger partial charge in [-0.05, 0) is 23.8 Å². The number of rotatable bonds is 4. The van der Waals surface area contributed by atoms with Crippen LogP contribution in [0.15, 0.2) is 34.1 Å². The molecule has 0 spiro atoms. The van der Waals surface area contributed by atoms with Crippen molar-refractivity contribution in [2.75, 3.05) is 5.32 Å². The van der Waals surface area contributed by atoms with Crippen molar-refractivity contribution in [2.45, 2.75) is 6.54 Å². The Morgan fingerprint density at radius 1 is 1.47 bits per heavy atom. The first-order valence-electron chi connectivity index (χ1n) is 5.25. The first kappa shape index (κ1) is 13.5. The summed E-state index contributed by atoms with van der Waals surface area (Å²) in [6, 6.07) is 8.93. The number of nitrogens with zero attached hydrogens (tertiary/aromatic N) is 2. The summed E-state index contributed by atoms with van der Waals surface area (Å²) >= 11 is 4.43. The molecule has 7 heteroatoms. The molecule has 0 fully saturated rings. The molecule has 1 aromatic carbocycles. The van der Waals surface area contributed by atoms with Crippen LogP contribution < -0.4 is 5.32 Å². The lowest BCUT2D eigenvalue weighted by atomic mass is 10.2. The lowest BCUT2D eigenvalue weighted by Gasteiger charge is -2.07. The van der Waals surface area contributed by atoms with E-state index in [1.807, 2.05) is 0 Å². The van der Waals surface area contributed by atoms with Gasteiger partial charge in [-0.2, -0.15) is 5.26 Å². The van der Waals surface area contributed by atoms with E-state index in [1.54, 1.807) is 23.6 Å². The van der Waals surface area contributed by atoms with Gasteiger partial charge in [0.15, 0.2) is 0 Å². The van der Waals surface area contributed by atoms with Crippen LogP contribution in [0.3, 0.4) is 0 Å². The summed E-state index contributed by atoms with van der Waals surface area (Å²) in [6.07, 6.45) is 0. The summed E-state index contributed by atoms with van der Waals surface area (Å²) in [4.78, 5) is 10.2. The van der Waals surface area contributed by atoms with Crippen molar-refractivity contribution >= 4 is 38.0 Å². The fraction of sp³-hybridized carbons (Fsp3) is 0.0833. The van der Waals surface area contributed by atoms with E-state index in [0.717, 1.165) is 21.4 Å². The molecule has 1 N–H and O–H groups in total. The SMILES string of the molecule is N#Cc1ccc(Br)cc1NCc1csc([N+](=O)[O-])c1. The van der Waals surface area contributed by atoms with Crippen LogP contribution >= 0.6 is 27.3 Å². The van der Waals surface area contributed by atoms with Crippen molar-refractivity contribution in [1.29, 1.82) is 5.26 Å². The first-order chi connectivity index (χ1) is 9.10. The minimum Gasteiger partial charge on any atom is -0.380 e. The largest absolute Gasteiger partial charge is 0.380 e. The number of nitriles is 1. The van der Waals surface area contributed by atoms with E-state index in [4.69, 9.17) is 5.26 Å². The molecular weight excluding hydrogens is 330 g/mol. The summed E-state index contributed by atoms with van der Waals surface area (Å²) in [5.74, 6) is 0. The van der Waals surface area contributed by atoms with Gasteiger partial charge in [0.25, 0.3) is 0 Å². The number of nitro groups is 1. The molecular formula is C12H8BrN3O2S. The van der Waals surface area contributed by atoms with E-state index in [9.17, 15) is 10.1 Å². The van der Waals surface area contributed by atoms with Gasteiger partial charge in [0.1, 0.15) is 6.07 Å². The Balaban J connectivity index is 2.12. The van der Waals surface area contributed by atoms with Crippen LogP contribution in [0.4, 0.5) is 10.7 Å². The summed E-state index contributed by atoms with van der Waals surface area (Å²) in [7, 11) is 0. The van der Waals surface area contributed by atoms with E-state index < -0.39 is 4.92 Å². The lowest BCUT2D eigenvalue weighted by molar-refractivity contribution is -0.380. The Bertz CT molecular complexity index is 663. The van der Waals surface area contributed by atoms with Gasteiger partial charge in [0.2, 0.25) is 0 Å². The van der Waals surface area contributed by atoms with E-state index in [1.165, 1.54) is 6.07 Å². The van der Waals surface area contributed by atoms with Gasteiger partial charge >= 0.3 is 5.00 Å². The van der Waals surface area contributed by atoms with Gasteiger partial charge < -0.3 is 5.32 Å². The number of hydrogen-bond donors (Lipinski definition) is 1. The second-order valence-electron chi connectivity index (χ2n) is 3.71. The number of thiophene rings is 1. The van der Waals surface area contributed by atoms with Gasteiger partial charge in [0, 0.05) is 22.5 Å². The highest BCUT2D eigenvalue weighted by molar-refractivity contribution is 9.10. The molecule has 0 aliphatic carbocycles. The summed E-state index contributed by atoms with van der Waals surface area (Å²) < 4.78 is 0.866. The fourth-order valence-electron chi connectivity index (χ4n) is 1.51. The molecule has 1 aromatic heterocycles. The molecule has 0 radical (unpaired) electrons. The molecule has 1 heterocycles. The standard InChI is InChI=1S/C12H8BrN3O2S/c13-10-2-1-9(5-14)11(4-10)15-6-8-3-12(16(17)18)19-7-8/h1-4,7,15H,6H2. The molecule has 2 aromatic rings. The third-order valence-corrected chi connectivity index (χ3v) is 3.83. The molecule has 96 valence electrons. The Morgan fingerprint density at radius 2 is 2.26 bits per heavy atom. The molecule has 0 saturated heterocycles. The second kappa shape index (κ2) is 5.82. The highest BCUT2D eigenvalue weighted by Crippen LogP contribution is 2.25. The quantitative estimate of drug-likeness (QED) is 0.677. The predicted octanol–water partition coefficient (Wildman–Crippen LogP) is 3.90. The Morgan fingerprint density at radius 3 is 2.89 bits per heavy atom. The second-order valence-corrected chi connectivity index (χ2v) is 5.51. The normalized spacial score (nSPS) is 9.89. The molecule has 19 heavy (non-hydrogen) atoms. The van der Waals surface area contributed by atoms with Gasteiger partial charge in [-0.3, -0.25) is 10.1 Å². The topological polar surface area (TPSA) is 79.0 Å². The number of hydrogen-bond acceptors (Lipinski definition) is 5. The fourth-order valence-corrected chi connectivity index (χ4v) is 2.60. The summed E-state index contributed by atoms with van der Waals surface area (Å²) in [5, 5.41) is 24.5. The summed E-state index contributed by atoms with van der Waals surface area (Å²) in [6.45, 7) is 0.440. The smallest absolute Gasteiger partial charge is 0.324 e. The van der Waals surface area contributed by atoms with Crippen LogP contribution in [0.2, 0.25) is 0 Å². The van der Waals surface area contributed by atoms with E-state index in [0.29, 0.717) is 17.8 Å². The van der Waals surface area contributed by atoms with Crippen molar-refractivity contribution in [3.05, 3.63) is 55.4 Å². The maximum atomic E-state index is 10.6. The zero-order valence-corrected chi connectivity index (χ0v) is 12.0. The average Bonchev–Trinajstić information content (AvgIpc) is 2.85. The van der Waals surface area contributed by atoms with Gasteiger partial charge in [-0.25, -0.2) is 0 Å². The van der Waals surface area contributed by atoms with Crippen LogP contribution in [-0.4, -0.2) is 4.92 Å². The highest BCUT2D eigenvalue weighted by atomic mass is 79.9. The highest BCUT2D eigenvalue weighted by Gasteiger charge is 2.10. The molecule has 5 nitrogen and oxygen atoms in total. The number of anilines is 1. The zero-order valence-electron chi connectivity index (χ0n) is 9.59. The third-order valence-electron chi connectivity index (χ3n) is 2.40. The number of benzene rings is 1. The van der Waals surface area contributed by atoms with Crippen molar-refractivity contribution in [3.8, 4) is 6.07 Å². The first-order valence-corrected chi connectivity index (χ1v) is 6.92. The van der Waals surface area contributed by atoms with Crippen molar-refractivity contribution in [3.63, 3.8) is 0 Å². The lowest BCUT2D eigenvalue weighted by Crippen LogP contribution is -2.00. The van der Waals surface area contributed by atoms with Crippen molar-refractivity contribution < 1.29 is 4.92 Å². The van der Waals surface area contributed by atoms with Gasteiger partial charge in [0.05, 0.1) is 16.2 Å². The van der Waals surface area contributed by atoms with Crippen LogP contribution in [0.25, 0.3) is 0 Å². The van der Waals surface area contributed by atoms with Crippen LogP contribution in [0.1, 0.15) is 11.1 Å². The van der Waals surface area contributed by atoms with Crippen LogP contribution in [-0.2, 0) is 6.54 Å². The zero-order chi connectivity index (χ0) is 13.8. The maximum absolute atomic E-state index is 10.6. The molecule has 0 atom stereocenters. The van der Waals surface area contributed by atoms with E-state index in [2.05, 4.69) is 27.3 Å². The molecule has 0 aliphatic heterocycles. The van der Waals surface area contributed by atoms with E-state index >= 15 is 0 Å². The Labute approximate surface area is 121 Å². The molecule has 0 saturated carbocycles. The monoisotopic (exact) mass is 337 g/mol. The van der Waals surface area contributed by atoms with Crippen LogP contribution in [0.5, 0.6) is 0 Å². The molecule has 0 aliphatic rings. The Hall–Kier alpha value is -1.91.